The van der Waals surface area contributed by atoms with Gasteiger partial charge in [0.2, 0.25) is 6.41 Å². The molecule has 9 nitrogen and oxygen atoms in total. The van der Waals surface area contributed by atoms with Crippen molar-refractivity contribution in [3.8, 4) is 22.6 Å². The Labute approximate surface area is 167 Å². The Morgan fingerprint density at radius 2 is 1.83 bits per heavy atom. The lowest BCUT2D eigenvalue weighted by Crippen LogP contribution is -2.22. The van der Waals surface area contributed by atoms with E-state index in [2.05, 4.69) is 20.9 Å². The fourth-order valence-corrected chi connectivity index (χ4v) is 2.92. The Kier molecular flexibility index (Phi) is 5.68. The molecule has 0 radical (unpaired) electrons. The summed E-state index contributed by atoms with van der Waals surface area (Å²) >= 11 is 0. The number of primary amides is 1. The van der Waals surface area contributed by atoms with Crippen molar-refractivity contribution in [2.75, 3.05) is 14.1 Å². The molecule has 2 N–H and O–H groups in total. The van der Waals surface area contributed by atoms with Gasteiger partial charge in [-0.05, 0) is 12.1 Å². The number of aromatic nitrogens is 5. The van der Waals surface area contributed by atoms with Crippen molar-refractivity contribution < 1.29 is 9.59 Å². The molecule has 0 unspecified atom stereocenters. The maximum absolute atomic E-state index is 12.4. The summed E-state index contributed by atoms with van der Waals surface area (Å²) in [5, 5.41) is 8.78. The maximum Gasteiger partial charge on any atom is 0.257 e. The molecule has 0 atom stereocenters. The second-order valence-electron chi connectivity index (χ2n) is 6.39. The van der Waals surface area contributed by atoms with Gasteiger partial charge in [-0.15, -0.1) is 5.10 Å². The smallest absolute Gasteiger partial charge is 0.257 e. The summed E-state index contributed by atoms with van der Waals surface area (Å²) in [6, 6.07) is 13.7. The van der Waals surface area contributed by atoms with Crippen LogP contribution in [0.25, 0.3) is 28.3 Å². The van der Waals surface area contributed by atoms with Crippen molar-refractivity contribution in [1.82, 2.24) is 29.3 Å². The highest BCUT2D eigenvalue weighted by molar-refractivity contribution is 5.99. The third-order valence-corrected chi connectivity index (χ3v) is 4.22. The van der Waals surface area contributed by atoms with Crippen LogP contribution in [-0.2, 0) is 11.8 Å². The molecule has 4 aromatic rings. The van der Waals surface area contributed by atoms with Crippen molar-refractivity contribution >= 4 is 18.0 Å². The zero-order valence-electron chi connectivity index (χ0n) is 16.4. The molecule has 0 aliphatic heterocycles. The van der Waals surface area contributed by atoms with Gasteiger partial charge in [-0.2, -0.15) is 5.10 Å². The van der Waals surface area contributed by atoms with E-state index in [1.165, 1.54) is 0 Å². The van der Waals surface area contributed by atoms with Gasteiger partial charge < -0.3 is 10.6 Å². The van der Waals surface area contributed by atoms with E-state index in [1.807, 2.05) is 55.7 Å². The van der Waals surface area contributed by atoms with Crippen LogP contribution < -0.4 is 5.73 Å². The molecule has 0 saturated carbocycles. The first kappa shape index (κ1) is 19.7. The molecule has 9 heteroatoms. The molecule has 148 valence electrons. The van der Waals surface area contributed by atoms with Gasteiger partial charge in [0.15, 0.2) is 11.5 Å². The highest BCUT2D eigenvalue weighted by Gasteiger charge is 2.19. The molecule has 3 aromatic heterocycles. The number of hydrogen-bond donors (Lipinski definition) is 1. The van der Waals surface area contributed by atoms with Gasteiger partial charge in [0, 0.05) is 38.5 Å². The minimum Gasteiger partial charge on any atom is -0.372 e. The third kappa shape index (κ3) is 3.98. The van der Waals surface area contributed by atoms with Crippen LogP contribution in [0, 0.1) is 0 Å². The zero-order valence-corrected chi connectivity index (χ0v) is 16.4. The molecule has 0 aliphatic carbocycles. The molecule has 2 amide bonds. The lowest BCUT2D eigenvalue weighted by Gasteiger charge is -2.11. The Balaban J connectivity index is 0.000000755. The number of amides is 2. The first-order valence-electron chi connectivity index (χ1n) is 8.77. The number of benzene rings is 1. The molecule has 3 heterocycles. The molecule has 0 bridgehead atoms. The van der Waals surface area contributed by atoms with E-state index in [4.69, 9.17) is 4.79 Å². The lowest BCUT2D eigenvalue weighted by molar-refractivity contribution is -0.106. The van der Waals surface area contributed by atoms with Gasteiger partial charge in [0.25, 0.3) is 5.91 Å². The SMILES string of the molecule is CN(C)C(=O)c1cnn(C)c1-c1ccn2nc(-c3ccccc3)nc2c1.NC=O. The van der Waals surface area contributed by atoms with E-state index < -0.39 is 0 Å². The van der Waals surface area contributed by atoms with Crippen molar-refractivity contribution in [2.45, 2.75) is 0 Å². The van der Waals surface area contributed by atoms with Crippen LogP contribution in [0.1, 0.15) is 10.4 Å². The van der Waals surface area contributed by atoms with E-state index in [1.54, 1.807) is 34.4 Å². The number of nitrogens with two attached hydrogens (primary N) is 1. The van der Waals surface area contributed by atoms with Crippen molar-refractivity contribution in [3.05, 3.63) is 60.4 Å². The topological polar surface area (TPSA) is 111 Å². The van der Waals surface area contributed by atoms with Crippen LogP contribution in [0.3, 0.4) is 0 Å². The van der Waals surface area contributed by atoms with Gasteiger partial charge >= 0.3 is 0 Å². The molecule has 29 heavy (non-hydrogen) atoms. The molecular formula is C20H21N7O2. The van der Waals surface area contributed by atoms with Crippen LogP contribution in [0.15, 0.2) is 54.9 Å². The monoisotopic (exact) mass is 391 g/mol. The molecule has 1 aromatic carbocycles. The highest BCUT2D eigenvalue weighted by atomic mass is 16.2. The van der Waals surface area contributed by atoms with Gasteiger partial charge in [0.05, 0.1) is 17.5 Å². The summed E-state index contributed by atoms with van der Waals surface area (Å²) in [5.74, 6) is 0.580. The first-order chi connectivity index (χ1) is 14.0. The number of pyridine rings is 1. The minimum atomic E-state index is -0.0839. The van der Waals surface area contributed by atoms with E-state index in [0.29, 0.717) is 17.0 Å². The predicted octanol–water partition coefficient (Wildman–Crippen LogP) is 1.60. The Morgan fingerprint density at radius 3 is 2.48 bits per heavy atom. The van der Waals surface area contributed by atoms with Crippen LogP contribution in [0.4, 0.5) is 0 Å². The Hall–Kier alpha value is -4.01. The minimum absolute atomic E-state index is 0.0839. The van der Waals surface area contributed by atoms with Crippen LogP contribution in [0.2, 0.25) is 0 Å². The number of carbonyl (C=O) groups is 2. The molecule has 0 aliphatic rings. The van der Waals surface area contributed by atoms with E-state index in [-0.39, 0.29) is 12.3 Å². The van der Waals surface area contributed by atoms with Crippen molar-refractivity contribution in [3.63, 3.8) is 0 Å². The fourth-order valence-electron chi connectivity index (χ4n) is 2.92. The fraction of sp³-hybridized carbons (Fsp3) is 0.150. The van der Waals surface area contributed by atoms with Gasteiger partial charge in [-0.1, -0.05) is 30.3 Å². The summed E-state index contributed by atoms with van der Waals surface area (Å²) < 4.78 is 3.44. The molecule has 0 fully saturated rings. The zero-order chi connectivity index (χ0) is 21.0. The third-order valence-electron chi connectivity index (χ3n) is 4.22. The van der Waals surface area contributed by atoms with E-state index >= 15 is 0 Å². The quantitative estimate of drug-likeness (QED) is 0.533. The van der Waals surface area contributed by atoms with Crippen molar-refractivity contribution in [1.29, 1.82) is 0 Å². The first-order valence-corrected chi connectivity index (χ1v) is 8.77. The number of fused-ring (bicyclic) bond motifs is 1. The molecular weight excluding hydrogens is 370 g/mol. The highest BCUT2D eigenvalue weighted by Crippen LogP contribution is 2.25. The predicted molar refractivity (Wildman–Crippen MR) is 109 cm³/mol. The van der Waals surface area contributed by atoms with Gasteiger partial charge in [-0.3, -0.25) is 14.3 Å². The standard InChI is InChI=1S/C19H18N6O.CH3NO/c1-23(2)19(26)15-12-20-24(3)17(15)14-9-10-25-16(11-14)21-18(22-25)13-7-5-4-6-8-13;2-1-3/h4-12H,1-3H3;1H,(H2,2,3). The average Bonchev–Trinajstić information content (AvgIpc) is 3.31. The summed E-state index contributed by atoms with van der Waals surface area (Å²) in [6.45, 7) is 0. The van der Waals surface area contributed by atoms with Crippen LogP contribution in [-0.4, -0.2) is 55.7 Å². The number of nitrogens with zero attached hydrogens (tertiary/aromatic N) is 6. The number of aryl methyl sites for hydroxylation is 1. The van der Waals surface area contributed by atoms with Crippen molar-refractivity contribution in [2.24, 2.45) is 12.8 Å². The Morgan fingerprint density at radius 1 is 1.14 bits per heavy atom. The lowest BCUT2D eigenvalue weighted by atomic mass is 10.1. The van der Waals surface area contributed by atoms with E-state index in [0.717, 1.165) is 16.8 Å². The number of hydrogen-bond acceptors (Lipinski definition) is 5. The van der Waals surface area contributed by atoms with E-state index in [9.17, 15) is 4.79 Å². The second-order valence-corrected chi connectivity index (χ2v) is 6.39. The number of carbonyl (C=O) groups excluding carboxylic acids is 2. The van der Waals surface area contributed by atoms with Gasteiger partial charge in [-0.25, -0.2) is 9.50 Å². The summed E-state index contributed by atoms with van der Waals surface area (Å²) in [4.78, 5) is 27.2. The largest absolute Gasteiger partial charge is 0.372 e. The Bertz CT molecular complexity index is 1150. The normalized spacial score (nSPS) is 10.3. The average molecular weight is 391 g/mol. The summed E-state index contributed by atoms with van der Waals surface area (Å²) in [7, 11) is 5.28. The summed E-state index contributed by atoms with van der Waals surface area (Å²) in [5.41, 5.74) is 8.03. The van der Waals surface area contributed by atoms with Gasteiger partial charge in [0.1, 0.15) is 0 Å². The molecule has 0 saturated heterocycles. The molecule has 4 rings (SSSR count). The second kappa shape index (κ2) is 8.34. The summed E-state index contributed by atoms with van der Waals surface area (Å²) in [6.07, 6.45) is 3.70. The van der Waals surface area contributed by atoms with Crippen LogP contribution in [0.5, 0.6) is 0 Å². The molecule has 0 spiro atoms. The number of rotatable bonds is 3. The van der Waals surface area contributed by atoms with Crippen LogP contribution >= 0.6 is 0 Å². The maximum atomic E-state index is 12.4.